The number of aromatic amines is 1. The topological polar surface area (TPSA) is 71.8 Å². The Bertz CT molecular complexity index is 587. The molecule has 0 spiro atoms. The minimum atomic E-state index is -0.329. The smallest absolute Gasteiger partial charge is 0.345 e. The molecule has 4 nitrogen and oxygen atoms in total. The number of H-pyrrole nitrogens is 1. The van der Waals surface area contributed by atoms with Crippen molar-refractivity contribution < 1.29 is 0 Å². The molecule has 1 aromatic heterocycles. The van der Waals surface area contributed by atoms with Crippen LogP contribution in [0.4, 0.5) is 5.69 Å². The monoisotopic (exact) mass is 215 g/mol. The SMILES string of the molecule is Cc1cc(-c2ccc(N)c(C)c2)nc(=O)[nH]1. The zero-order valence-electron chi connectivity index (χ0n) is 9.24. The molecule has 2 rings (SSSR count). The van der Waals surface area contributed by atoms with Crippen LogP contribution in [0.1, 0.15) is 11.3 Å². The minimum absolute atomic E-state index is 0.329. The van der Waals surface area contributed by atoms with Crippen LogP contribution in [0, 0.1) is 13.8 Å². The van der Waals surface area contributed by atoms with Gasteiger partial charge in [0.15, 0.2) is 0 Å². The summed E-state index contributed by atoms with van der Waals surface area (Å²) in [5, 5.41) is 0. The van der Waals surface area contributed by atoms with Gasteiger partial charge in [-0.1, -0.05) is 6.07 Å². The van der Waals surface area contributed by atoms with Gasteiger partial charge in [0.25, 0.3) is 0 Å². The van der Waals surface area contributed by atoms with Crippen molar-refractivity contribution in [1.82, 2.24) is 9.97 Å². The molecule has 0 fully saturated rings. The fraction of sp³-hybridized carbons (Fsp3) is 0.167. The first-order valence-electron chi connectivity index (χ1n) is 5.01. The van der Waals surface area contributed by atoms with E-state index in [0.717, 1.165) is 22.5 Å². The molecule has 0 bridgehead atoms. The lowest BCUT2D eigenvalue weighted by Gasteiger charge is -2.04. The van der Waals surface area contributed by atoms with Gasteiger partial charge in [0, 0.05) is 16.9 Å². The highest BCUT2D eigenvalue weighted by molar-refractivity contribution is 5.64. The number of hydrogen-bond donors (Lipinski definition) is 2. The van der Waals surface area contributed by atoms with Crippen molar-refractivity contribution >= 4 is 5.69 Å². The Labute approximate surface area is 93.2 Å². The van der Waals surface area contributed by atoms with E-state index in [4.69, 9.17) is 5.73 Å². The van der Waals surface area contributed by atoms with Crippen LogP contribution in [-0.4, -0.2) is 9.97 Å². The number of nitrogens with two attached hydrogens (primary N) is 1. The Kier molecular flexibility index (Phi) is 2.48. The fourth-order valence-corrected chi connectivity index (χ4v) is 1.56. The second kappa shape index (κ2) is 3.81. The van der Waals surface area contributed by atoms with Crippen LogP contribution in [0.2, 0.25) is 0 Å². The number of rotatable bonds is 1. The summed E-state index contributed by atoms with van der Waals surface area (Å²) in [6, 6.07) is 7.45. The average Bonchev–Trinajstić information content (AvgIpc) is 2.20. The molecular formula is C12H13N3O. The van der Waals surface area contributed by atoms with Gasteiger partial charge >= 0.3 is 5.69 Å². The maximum atomic E-state index is 11.2. The highest BCUT2D eigenvalue weighted by atomic mass is 16.1. The van der Waals surface area contributed by atoms with E-state index in [1.165, 1.54) is 0 Å². The highest BCUT2D eigenvalue weighted by Crippen LogP contribution is 2.20. The predicted octanol–water partition coefficient (Wildman–Crippen LogP) is 1.64. The Balaban J connectivity index is 2.58. The molecule has 0 unspecified atom stereocenters. The summed E-state index contributed by atoms with van der Waals surface area (Å²) in [4.78, 5) is 17.8. The summed E-state index contributed by atoms with van der Waals surface area (Å²) >= 11 is 0. The van der Waals surface area contributed by atoms with Crippen molar-refractivity contribution in [2.45, 2.75) is 13.8 Å². The van der Waals surface area contributed by atoms with E-state index in [1.54, 1.807) is 0 Å². The fourth-order valence-electron chi connectivity index (χ4n) is 1.56. The standard InChI is InChI=1S/C12H13N3O/c1-7-5-9(3-4-10(7)13)11-6-8(2)14-12(16)15-11/h3-6H,13H2,1-2H3,(H,14,15,16). The molecule has 0 amide bonds. The lowest BCUT2D eigenvalue weighted by Crippen LogP contribution is -2.11. The number of aryl methyl sites for hydroxylation is 2. The van der Waals surface area contributed by atoms with Crippen molar-refractivity contribution in [3.8, 4) is 11.3 Å². The van der Waals surface area contributed by atoms with Gasteiger partial charge in [0.1, 0.15) is 0 Å². The van der Waals surface area contributed by atoms with Gasteiger partial charge in [0.05, 0.1) is 5.69 Å². The molecule has 1 aromatic carbocycles. The van der Waals surface area contributed by atoms with E-state index in [9.17, 15) is 4.79 Å². The largest absolute Gasteiger partial charge is 0.399 e. The van der Waals surface area contributed by atoms with E-state index < -0.39 is 0 Å². The van der Waals surface area contributed by atoms with Crippen molar-refractivity contribution in [3.63, 3.8) is 0 Å². The van der Waals surface area contributed by atoms with E-state index >= 15 is 0 Å². The van der Waals surface area contributed by atoms with Gasteiger partial charge < -0.3 is 10.7 Å². The van der Waals surface area contributed by atoms with Crippen LogP contribution in [0.15, 0.2) is 29.1 Å². The summed E-state index contributed by atoms with van der Waals surface area (Å²) in [5.74, 6) is 0. The van der Waals surface area contributed by atoms with E-state index in [0.29, 0.717) is 5.69 Å². The molecule has 1 heterocycles. The summed E-state index contributed by atoms with van der Waals surface area (Å²) < 4.78 is 0. The van der Waals surface area contributed by atoms with Crippen LogP contribution in [0.25, 0.3) is 11.3 Å². The molecule has 3 N–H and O–H groups in total. The van der Waals surface area contributed by atoms with E-state index in [1.807, 2.05) is 38.1 Å². The van der Waals surface area contributed by atoms with Gasteiger partial charge in [-0.3, -0.25) is 0 Å². The number of nitrogens with one attached hydrogen (secondary N) is 1. The first kappa shape index (κ1) is 10.4. The molecule has 0 saturated carbocycles. The zero-order valence-corrected chi connectivity index (χ0v) is 9.24. The number of benzene rings is 1. The summed E-state index contributed by atoms with van der Waals surface area (Å²) in [5.41, 5.74) is 9.50. The zero-order chi connectivity index (χ0) is 11.7. The summed E-state index contributed by atoms with van der Waals surface area (Å²) in [6.07, 6.45) is 0. The molecule has 0 aliphatic rings. The third-order valence-corrected chi connectivity index (χ3v) is 2.44. The molecule has 82 valence electrons. The molecule has 16 heavy (non-hydrogen) atoms. The van der Waals surface area contributed by atoms with Crippen LogP contribution in [0.3, 0.4) is 0 Å². The number of hydrogen-bond acceptors (Lipinski definition) is 3. The van der Waals surface area contributed by atoms with Crippen LogP contribution in [0.5, 0.6) is 0 Å². The van der Waals surface area contributed by atoms with Gasteiger partial charge in [-0.2, -0.15) is 4.98 Å². The molecule has 0 saturated heterocycles. The van der Waals surface area contributed by atoms with Crippen LogP contribution >= 0.6 is 0 Å². The molecule has 0 radical (unpaired) electrons. The Hall–Kier alpha value is -2.10. The van der Waals surface area contributed by atoms with Crippen molar-refractivity contribution in [1.29, 1.82) is 0 Å². The van der Waals surface area contributed by atoms with Gasteiger partial charge in [-0.05, 0) is 37.6 Å². The molecule has 2 aromatic rings. The second-order valence-corrected chi connectivity index (χ2v) is 3.83. The quantitative estimate of drug-likeness (QED) is 0.710. The van der Waals surface area contributed by atoms with Crippen molar-refractivity contribution in [3.05, 3.63) is 46.0 Å². The summed E-state index contributed by atoms with van der Waals surface area (Å²) in [6.45, 7) is 3.76. The molecular weight excluding hydrogens is 202 g/mol. The normalized spacial score (nSPS) is 10.4. The molecule has 0 aliphatic carbocycles. The Morgan fingerprint density at radius 1 is 1.25 bits per heavy atom. The first-order valence-corrected chi connectivity index (χ1v) is 5.01. The van der Waals surface area contributed by atoms with E-state index in [2.05, 4.69) is 9.97 Å². The third kappa shape index (κ3) is 1.95. The van der Waals surface area contributed by atoms with Gasteiger partial charge in [-0.15, -0.1) is 0 Å². The number of anilines is 1. The third-order valence-electron chi connectivity index (χ3n) is 2.44. The van der Waals surface area contributed by atoms with Gasteiger partial charge in [-0.25, -0.2) is 4.79 Å². The predicted molar refractivity (Wildman–Crippen MR) is 64.2 cm³/mol. The number of nitrogen functional groups attached to an aromatic ring is 1. The average molecular weight is 215 g/mol. The lowest BCUT2D eigenvalue weighted by molar-refractivity contribution is 1.03. The van der Waals surface area contributed by atoms with Crippen LogP contribution in [-0.2, 0) is 0 Å². The molecule has 4 heteroatoms. The minimum Gasteiger partial charge on any atom is -0.399 e. The highest BCUT2D eigenvalue weighted by Gasteiger charge is 2.03. The second-order valence-electron chi connectivity index (χ2n) is 3.83. The lowest BCUT2D eigenvalue weighted by atomic mass is 10.1. The van der Waals surface area contributed by atoms with Crippen LogP contribution < -0.4 is 11.4 Å². The maximum Gasteiger partial charge on any atom is 0.345 e. The molecule has 0 atom stereocenters. The Morgan fingerprint density at radius 2 is 2.00 bits per heavy atom. The number of aromatic nitrogens is 2. The van der Waals surface area contributed by atoms with Crippen molar-refractivity contribution in [2.24, 2.45) is 0 Å². The van der Waals surface area contributed by atoms with Crippen molar-refractivity contribution in [2.75, 3.05) is 5.73 Å². The molecule has 0 aliphatic heterocycles. The maximum absolute atomic E-state index is 11.2. The van der Waals surface area contributed by atoms with Gasteiger partial charge in [0.2, 0.25) is 0 Å². The number of nitrogens with zero attached hydrogens (tertiary/aromatic N) is 1. The Morgan fingerprint density at radius 3 is 2.62 bits per heavy atom. The summed E-state index contributed by atoms with van der Waals surface area (Å²) in [7, 11) is 0. The van der Waals surface area contributed by atoms with E-state index in [-0.39, 0.29) is 5.69 Å². The first-order chi connectivity index (χ1) is 7.56.